The van der Waals surface area contributed by atoms with Crippen molar-refractivity contribution in [2.24, 2.45) is 0 Å². The highest BCUT2D eigenvalue weighted by molar-refractivity contribution is 8.00. The van der Waals surface area contributed by atoms with E-state index in [0.29, 0.717) is 12.4 Å². The van der Waals surface area contributed by atoms with E-state index in [4.69, 9.17) is 5.10 Å². The summed E-state index contributed by atoms with van der Waals surface area (Å²) in [6.45, 7) is 4.31. The minimum absolute atomic E-state index is 0.126. The number of anilines is 1. The SMILES string of the molecule is Cc1cccc([C@@H]2SCC(=O)N(CC(=O)NCc3cccnc3)c3c2c(-c2ccccc2)nn3-c2cccc(C)c2)c1. The van der Waals surface area contributed by atoms with E-state index >= 15 is 0 Å². The minimum Gasteiger partial charge on any atom is -0.350 e. The van der Waals surface area contributed by atoms with Gasteiger partial charge in [0, 0.05) is 30.1 Å². The largest absolute Gasteiger partial charge is 0.350 e. The molecule has 1 aliphatic rings. The highest BCUT2D eigenvalue weighted by Crippen LogP contribution is 2.48. The van der Waals surface area contributed by atoms with Crippen molar-refractivity contribution in [1.82, 2.24) is 20.1 Å². The molecule has 0 aliphatic carbocycles. The normalized spacial score (nSPS) is 14.8. The number of nitrogens with zero attached hydrogens (tertiary/aromatic N) is 4. The number of nitrogens with one attached hydrogen (secondary N) is 1. The summed E-state index contributed by atoms with van der Waals surface area (Å²) < 4.78 is 1.84. The summed E-state index contributed by atoms with van der Waals surface area (Å²) in [7, 11) is 0. The van der Waals surface area contributed by atoms with Crippen LogP contribution in [-0.4, -0.2) is 38.9 Å². The lowest BCUT2D eigenvalue weighted by Gasteiger charge is -2.23. The molecular weight excluding hydrogens is 542 g/mol. The van der Waals surface area contributed by atoms with Crippen LogP contribution in [0.3, 0.4) is 0 Å². The number of aromatic nitrogens is 3. The van der Waals surface area contributed by atoms with Gasteiger partial charge in [-0.15, -0.1) is 11.8 Å². The molecule has 0 unspecified atom stereocenters. The fourth-order valence-electron chi connectivity index (χ4n) is 5.27. The van der Waals surface area contributed by atoms with Gasteiger partial charge in [-0.05, 0) is 48.7 Å². The van der Waals surface area contributed by atoms with E-state index in [1.807, 2.05) is 78.3 Å². The van der Waals surface area contributed by atoms with Crippen molar-refractivity contribution >= 4 is 29.4 Å². The van der Waals surface area contributed by atoms with E-state index in [9.17, 15) is 9.59 Å². The van der Waals surface area contributed by atoms with E-state index in [1.54, 1.807) is 29.1 Å². The molecule has 1 N–H and O–H groups in total. The Morgan fingerprint density at radius 3 is 2.48 bits per heavy atom. The highest BCUT2D eigenvalue weighted by atomic mass is 32.2. The lowest BCUT2D eigenvalue weighted by atomic mass is 9.98. The van der Waals surface area contributed by atoms with Gasteiger partial charge in [0.05, 0.1) is 22.4 Å². The average Bonchev–Trinajstić information content (AvgIpc) is 3.33. The molecule has 3 heterocycles. The maximum Gasteiger partial charge on any atom is 0.240 e. The predicted octanol–water partition coefficient (Wildman–Crippen LogP) is 6.04. The summed E-state index contributed by atoms with van der Waals surface area (Å²) in [5.74, 6) is 0.458. The molecule has 8 heteroatoms. The van der Waals surface area contributed by atoms with Crippen molar-refractivity contribution < 1.29 is 9.59 Å². The Morgan fingerprint density at radius 1 is 0.952 bits per heavy atom. The van der Waals surface area contributed by atoms with Crippen molar-refractivity contribution in [3.05, 3.63) is 131 Å². The zero-order valence-corrected chi connectivity index (χ0v) is 24.3. The minimum atomic E-state index is -0.254. The number of aryl methyl sites for hydroxylation is 2. The monoisotopic (exact) mass is 573 g/mol. The third-order valence-electron chi connectivity index (χ3n) is 7.24. The number of hydrogen-bond acceptors (Lipinski definition) is 5. The molecule has 2 amide bonds. The number of rotatable bonds is 7. The molecule has 7 nitrogen and oxygen atoms in total. The van der Waals surface area contributed by atoms with Crippen LogP contribution in [-0.2, 0) is 16.1 Å². The molecule has 1 aliphatic heterocycles. The maximum atomic E-state index is 13.9. The van der Waals surface area contributed by atoms with Crippen LogP contribution in [0.1, 0.15) is 33.1 Å². The van der Waals surface area contributed by atoms with Gasteiger partial charge in [-0.1, -0.05) is 78.4 Å². The van der Waals surface area contributed by atoms with Crippen LogP contribution in [0.4, 0.5) is 5.82 Å². The number of carbonyl (C=O) groups is 2. The van der Waals surface area contributed by atoms with Crippen molar-refractivity contribution in [3.8, 4) is 16.9 Å². The third kappa shape index (κ3) is 5.71. The lowest BCUT2D eigenvalue weighted by Crippen LogP contribution is -2.42. The molecule has 2 aromatic heterocycles. The molecule has 5 aromatic rings. The zero-order valence-electron chi connectivity index (χ0n) is 23.5. The van der Waals surface area contributed by atoms with Crippen molar-refractivity contribution in [3.63, 3.8) is 0 Å². The van der Waals surface area contributed by atoms with Gasteiger partial charge in [-0.25, -0.2) is 4.68 Å². The quantitative estimate of drug-likeness (QED) is 0.257. The smallest absolute Gasteiger partial charge is 0.240 e. The van der Waals surface area contributed by atoms with E-state index in [-0.39, 0.29) is 29.4 Å². The van der Waals surface area contributed by atoms with Gasteiger partial charge in [0.15, 0.2) is 0 Å². The lowest BCUT2D eigenvalue weighted by molar-refractivity contribution is -0.123. The van der Waals surface area contributed by atoms with Crippen molar-refractivity contribution in [2.75, 3.05) is 17.2 Å². The van der Waals surface area contributed by atoms with Crippen molar-refractivity contribution in [1.29, 1.82) is 0 Å². The van der Waals surface area contributed by atoms with Crippen LogP contribution < -0.4 is 10.2 Å². The Morgan fingerprint density at radius 2 is 1.74 bits per heavy atom. The predicted molar refractivity (Wildman–Crippen MR) is 168 cm³/mol. The van der Waals surface area contributed by atoms with Crippen molar-refractivity contribution in [2.45, 2.75) is 25.6 Å². The Hall–Kier alpha value is -4.69. The molecule has 0 fully saturated rings. The summed E-state index contributed by atoms with van der Waals surface area (Å²) >= 11 is 1.57. The molecule has 0 saturated carbocycles. The molecule has 0 spiro atoms. The molecule has 210 valence electrons. The molecule has 0 bridgehead atoms. The standard InChI is InChI=1S/C34H31N5O2S/c1-23-9-6-14-27(17-23)33-31-32(26-12-4-3-5-13-26)37-39(28-15-7-10-24(2)18-28)34(31)38(30(41)22-42-33)21-29(40)36-20-25-11-8-16-35-19-25/h3-19,33H,20-22H2,1-2H3,(H,36,40)/t33-/m0/s1. The number of amides is 2. The molecule has 0 radical (unpaired) electrons. The number of fused-ring (bicyclic) bond motifs is 1. The van der Waals surface area contributed by atoms with Gasteiger partial charge in [0.1, 0.15) is 12.4 Å². The Labute approximate surface area is 249 Å². The summed E-state index contributed by atoms with van der Waals surface area (Å²) in [4.78, 5) is 33.0. The second-order valence-corrected chi connectivity index (χ2v) is 11.5. The van der Waals surface area contributed by atoms with Gasteiger partial charge < -0.3 is 5.32 Å². The third-order valence-corrected chi connectivity index (χ3v) is 8.50. The molecule has 1 atom stereocenters. The molecular formula is C34H31N5O2S. The summed E-state index contributed by atoms with van der Waals surface area (Å²) in [5, 5.41) is 7.97. The first kappa shape index (κ1) is 27.5. The maximum absolute atomic E-state index is 13.9. The molecule has 6 rings (SSSR count). The van der Waals surface area contributed by atoms with Gasteiger partial charge >= 0.3 is 0 Å². The van der Waals surface area contributed by atoms with E-state index in [1.165, 1.54) is 0 Å². The summed E-state index contributed by atoms with van der Waals surface area (Å²) in [6, 6.07) is 30.2. The number of hydrogen-bond donors (Lipinski definition) is 1. The van der Waals surface area contributed by atoms with E-state index in [0.717, 1.165) is 44.8 Å². The topological polar surface area (TPSA) is 80.1 Å². The van der Waals surface area contributed by atoms with Gasteiger partial charge in [0.25, 0.3) is 0 Å². The summed E-state index contributed by atoms with van der Waals surface area (Å²) in [6.07, 6.45) is 3.42. The van der Waals surface area contributed by atoms with E-state index in [2.05, 4.69) is 41.5 Å². The van der Waals surface area contributed by atoms with Crippen LogP contribution in [0.15, 0.2) is 103 Å². The van der Waals surface area contributed by atoms with Gasteiger partial charge in [0.2, 0.25) is 11.8 Å². The summed E-state index contributed by atoms with van der Waals surface area (Å²) in [5.41, 5.74) is 7.70. The second kappa shape index (κ2) is 12.0. The van der Waals surface area contributed by atoms with Crippen LogP contribution in [0.5, 0.6) is 0 Å². The first-order valence-corrected chi connectivity index (χ1v) is 14.9. The molecule has 3 aromatic carbocycles. The van der Waals surface area contributed by atoms with Gasteiger partial charge in [-0.3, -0.25) is 19.5 Å². The van der Waals surface area contributed by atoms with Crippen LogP contribution in [0, 0.1) is 13.8 Å². The zero-order chi connectivity index (χ0) is 29.1. The Kier molecular flexibility index (Phi) is 7.88. The Bertz CT molecular complexity index is 1740. The molecule has 42 heavy (non-hydrogen) atoms. The van der Waals surface area contributed by atoms with Crippen LogP contribution >= 0.6 is 11.8 Å². The number of thioether (sulfide) groups is 1. The first-order chi connectivity index (χ1) is 20.5. The fraction of sp³-hybridized carbons (Fsp3) is 0.176. The fourth-order valence-corrected chi connectivity index (χ4v) is 6.46. The number of carbonyl (C=O) groups excluding carboxylic acids is 2. The number of benzene rings is 3. The van der Waals surface area contributed by atoms with Crippen LogP contribution in [0.25, 0.3) is 16.9 Å². The molecule has 0 saturated heterocycles. The first-order valence-electron chi connectivity index (χ1n) is 13.9. The number of pyridine rings is 1. The average molecular weight is 574 g/mol. The Balaban J connectivity index is 1.52. The van der Waals surface area contributed by atoms with E-state index < -0.39 is 0 Å². The van der Waals surface area contributed by atoms with Crippen LogP contribution in [0.2, 0.25) is 0 Å². The highest BCUT2D eigenvalue weighted by Gasteiger charge is 2.37. The second-order valence-electron chi connectivity index (χ2n) is 10.4. The van der Waals surface area contributed by atoms with Gasteiger partial charge in [-0.2, -0.15) is 5.10 Å².